The van der Waals surface area contributed by atoms with E-state index in [0.29, 0.717) is 13.0 Å². The smallest absolute Gasteiger partial charge is 0.243 e. The van der Waals surface area contributed by atoms with Crippen LogP contribution in [0, 0.1) is 5.82 Å². The van der Waals surface area contributed by atoms with Gasteiger partial charge in [-0.3, -0.25) is 14.6 Å². The van der Waals surface area contributed by atoms with Gasteiger partial charge in [-0.1, -0.05) is 55.5 Å². The van der Waals surface area contributed by atoms with E-state index in [-0.39, 0.29) is 30.6 Å². The Morgan fingerprint density at radius 1 is 0.968 bits per heavy atom. The van der Waals surface area contributed by atoms with Gasteiger partial charge in [-0.2, -0.15) is 0 Å². The molecule has 0 aliphatic heterocycles. The van der Waals surface area contributed by atoms with Gasteiger partial charge < -0.3 is 10.2 Å². The molecule has 0 aliphatic carbocycles. The Bertz CT molecular complexity index is 979. The normalized spacial score (nSPS) is 11.5. The molecule has 2 aromatic carbocycles. The first kappa shape index (κ1) is 22.2. The predicted molar refractivity (Wildman–Crippen MR) is 117 cm³/mol. The maximum Gasteiger partial charge on any atom is 0.243 e. The van der Waals surface area contributed by atoms with E-state index < -0.39 is 6.04 Å². The lowest BCUT2D eigenvalue weighted by Gasteiger charge is -2.31. The summed E-state index contributed by atoms with van der Waals surface area (Å²) >= 11 is 0. The Labute approximate surface area is 181 Å². The maximum atomic E-state index is 13.3. The number of rotatable bonds is 9. The molecule has 0 saturated carbocycles. The molecule has 3 aromatic rings. The second kappa shape index (κ2) is 11.0. The van der Waals surface area contributed by atoms with E-state index in [1.54, 1.807) is 36.4 Å². The fourth-order valence-corrected chi connectivity index (χ4v) is 3.35. The molecule has 160 valence electrons. The van der Waals surface area contributed by atoms with Gasteiger partial charge in [-0.15, -0.1) is 0 Å². The lowest BCUT2D eigenvalue weighted by Crippen LogP contribution is -2.50. The van der Waals surface area contributed by atoms with Crippen molar-refractivity contribution in [2.24, 2.45) is 0 Å². The van der Waals surface area contributed by atoms with Crippen LogP contribution in [-0.4, -0.2) is 27.7 Å². The molecule has 0 radical (unpaired) electrons. The summed E-state index contributed by atoms with van der Waals surface area (Å²) in [5, 5.41) is 2.94. The molecule has 0 bridgehead atoms. The zero-order valence-corrected chi connectivity index (χ0v) is 17.5. The van der Waals surface area contributed by atoms with Crippen molar-refractivity contribution in [3.63, 3.8) is 0 Å². The van der Waals surface area contributed by atoms with Crippen molar-refractivity contribution < 1.29 is 14.0 Å². The van der Waals surface area contributed by atoms with Crippen LogP contribution in [-0.2, 0) is 29.1 Å². The molecule has 5 nitrogen and oxygen atoms in total. The molecule has 1 unspecified atom stereocenters. The van der Waals surface area contributed by atoms with E-state index in [1.165, 1.54) is 12.1 Å². The van der Waals surface area contributed by atoms with Crippen LogP contribution in [0.1, 0.15) is 30.0 Å². The lowest BCUT2D eigenvalue weighted by atomic mass is 10.0. The Morgan fingerprint density at radius 3 is 2.32 bits per heavy atom. The van der Waals surface area contributed by atoms with Crippen LogP contribution < -0.4 is 5.32 Å². The maximum absolute atomic E-state index is 13.3. The highest BCUT2D eigenvalue weighted by Crippen LogP contribution is 2.16. The zero-order chi connectivity index (χ0) is 22.1. The number of benzene rings is 2. The minimum absolute atomic E-state index is 0.137. The average Bonchev–Trinajstić information content (AvgIpc) is 2.82. The first-order valence-electron chi connectivity index (χ1n) is 10.3. The Morgan fingerprint density at radius 2 is 1.68 bits per heavy atom. The van der Waals surface area contributed by atoms with E-state index in [9.17, 15) is 14.0 Å². The number of amides is 2. The highest BCUT2D eigenvalue weighted by Gasteiger charge is 2.29. The monoisotopic (exact) mass is 419 g/mol. The molecule has 2 amide bonds. The third-order valence-corrected chi connectivity index (χ3v) is 5.03. The van der Waals surface area contributed by atoms with Gasteiger partial charge in [-0.05, 0) is 34.9 Å². The minimum Gasteiger partial charge on any atom is -0.350 e. The molecule has 1 aromatic heterocycles. The summed E-state index contributed by atoms with van der Waals surface area (Å²) in [5.74, 6) is -0.717. The molecule has 0 saturated heterocycles. The lowest BCUT2D eigenvalue weighted by molar-refractivity contribution is -0.141. The van der Waals surface area contributed by atoms with Gasteiger partial charge in [0.2, 0.25) is 11.8 Å². The molecule has 3 rings (SSSR count). The highest BCUT2D eigenvalue weighted by molar-refractivity contribution is 5.87. The van der Waals surface area contributed by atoms with Gasteiger partial charge >= 0.3 is 0 Å². The number of nitrogens with one attached hydrogen (secondary N) is 1. The molecule has 0 spiro atoms. The number of nitrogens with zero attached hydrogens (tertiary/aromatic N) is 2. The summed E-state index contributed by atoms with van der Waals surface area (Å²) in [6.07, 6.45) is 4.02. The third-order valence-electron chi connectivity index (χ3n) is 5.03. The van der Waals surface area contributed by atoms with Gasteiger partial charge in [-0.25, -0.2) is 4.39 Å². The number of pyridine rings is 1. The van der Waals surface area contributed by atoms with Crippen molar-refractivity contribution >= 4 is 11.8 Å². The van der Waals surface area contributed by atoms with E-state index in [2.05, 4.69) is 10.3 Å². The van der Waals surface area contributed by atoms with E-state index >= 15 is 0 Å². The van der Waals surface area contributed by atoms with Gasteiger partial charge in [0.25, 0.3) is 0 Å². The van der Waals surface area contributed by atoms with Gasteiger partial charge in [0.1, 0.15) is 11.9 Å². The number of halogens is 1. The Balaban J connectivity index is 1.85. The average molecular weight is 420 g/mol. The standard InChI is InChI=1S/C25H26FN3O2/c1-2-24(30)29(18-20-10-12-22(26)13-11-20)23(15-19-7-4-3-5-8-19)25(31)28-17-21-9-6-14-27-16-21/h3-14,16,23H,2,15,17-18H2,1H3,(H,28,31). The van der Waals surface area contributed by atoms with E-state index in [0.717, 1.165) is 16.7 Å². The van der Waals surface area contributed by atoms with E-state index in [4.69, 9.17) is 0 Å². The van der Waals surface area contributed by atoms with Crippen LogP contribution in [0.5, 0.6) is 0 Å². The SMILES string of the molecule is CCC(=O)N(Cc1ccc(F)cc1)C(Cc1ccccc1)C(=O)NCc1cccnc1. The Hall–Kier alpha value is -3.54. The largest absolute Gasteiger partial charge is 0.350 e. The summed E-state index contributed by atoms with van der Waals surface area (Å²) in [4.78, 5) is 31.7. The minimum atomic E-state index is -0.698. The second-order valence-electron chi connectivity index (χ2n) is 7.29. The van der Waals surface area contributed by atoms with Crippen LogP contribution in [0.25, 0.3) is 0 Å². The number of carbonyl (C=O) groups excluding carboxylic acids is 2. The fourth-order valence-electron chi connectivity index (χ4n) is 3.35. The fraction of sp³-hybridized carbons (Fsp3) is 0.240. The Kier molecular flexibility index (Phi) is 7.87. The van der Waals surface area contributed by atoms with Crippen LogP contribution in [0.4, 0.5) is 4.39 Å². The number of aromatic nitrogens is 1. The van der Waals surface area contributed by atoms with Crippen molar-refractivity contribution in [1.82, 2.24) is 15.2 Å². The van der Waals surface area contributed by atoms with Crippen molar-refractivity contribution in [3.05, 3.63) is 102 Å². The van der Waals surface area contributed by atoms with Crippen molar-refractivity contribution in [3.8, 4) is 0 Å². The summed E-state index contributed by atoms with van der Waals surface area (Å²) in [5.41, 5.74) is 2.60. The molecule has 31 heavy (non-hydrogen) atoms. The molecule has 0 fully saturated rings. The molecule has 6 heteroatoms. The van der Waals surface area contributed by atoms with Crippen LogP contribution in [0.15, 0.2) is 79.1 Å². The summed E-state index contributed by atoms with van der Waals surface area (Å²) in [6.45, 7) is 2.32. The van der Waals surface area contributed by atoms with Crippen LogP contribution in [0.2, 0.25) is 0 Å². The van der Waals surface area contributed by atoms with Crippen LogP contribution >= 0.6 is 0 Å². The van der Waals surface area contributed by atoms with Crippen molar-refractivity contribution in [2.75, 3.05) is 0 Å². The first-order chi connectivity index (χ1) is 15.1. The van der Waals surface area contributed by atoms with Crippen molar-refractivity contribution in [2.45, 2.75) is 38.9 Å². The quantitative estimate of drug-likeness (QED) is 0.572. The first-order valence-corrected chi connectivity index (χ1v) is 10.3. The number of hydrogen-bond acceptors (Lipinski definition) is 3. The predicted octanol–water partition coefficient (Wildman–Crippen LogP) is 3.89. The summed E-state index contributed by atoms with van der Waals surface area (Å²) in [6, 6.07) is 18.6. The molecular formula is C25H26FN3O2. The van der Waals surface area contributed by atoms with Gasteiger partial charge in [0, 0.05) is 38.3 Å². The van der Waals surface area contributed by atoms with E-state index in [1.807, 2.05) is 42.5 Å². The second-order valence-corrected chi connectivity index (χ2v) is 7.29. The van der Waals surface area contributed by atoms with Crippen molar-refractivity contribution in [1.29, 1.82) is 0 Å². The zero-order valence-electron chi connectivity index (χ0n) is 17.5. The topological polar surface area (TPSA) is 62.3 Å². The number of hydrogen-bond donors (Lipinski definition) is 1. The molecule has 1 heterocycles. The van der Waals surface area contributed by atoms with Crippen LogP contribution in [0.3, 0.4) is 0 Å². The molecular weight excluding hydrogens is 393 g/mol. The summed E-state index contributed by atoms with van der Waals surface area (Å²) in [7, 11) is 0. The number of carbonyl (C=O) groups is 2. The summed E-state index contributed by atoms with van der Waals surface area (Å²) < 4.78 is 13.3. The van der Waals surface area contributed by atoms with Gasteiger partial charge in [0.05, 0.1) is 0 Å². The highest BCUT2D eigenvalue weighted by atomic mass is 19.1. The molecule has 1 N–H and O–H groups in total. The molecule has 0 aliphatic rings. The molecule has 1 atom stereocenters. The third kappa shape index (κ3) is 6.47. The van der Waals surface area contributed by atoms with Gasteiger partial charge in [0.15, 0.2) is 0 Å².